The Morgan fingerprint density at radius 2 is 2.18 bits per heavy atom. The van der Waals surface area contributed by atoms with Crippen LogP contribution in [0.3, 0.4) is 0 Å². The Bertz CT molecular complexity index is 416. The molecule has 0 radical (unpaired) electrons. The second-order valence-electron chi connectivity index (χ2n) is 3.92. The molecule has 17 heavy (non-hydrogen) atoms. The van der Waals surface area contributed by atoms with Crippen LogP contribution in [0, 0.1) is 0 Å². The monoisotopic (exact) mass is 236 g/mol. The molecule has 1 saturated heterocycles. The summed E-state index contributed by atoms with van der Waals surface area (Å²) in [5.41, 5.74) is 0.0744. The number of aryl methyl sites for hydroxylation is 1. The first kappa shape index (κ1) is 11.8. The number of carbonyl (C=O) groups is 1. The van der Waals surface area contributed by atoms with Gasteiger partial charge in [-0.15, -0.1) is 0 Å². The van der Waals surface area contributed by atoms with Gasteiger partial charge in [-0.25, -0.2) is 14.8 Å². The quantitative estimate of drug-likeness (QED) is 0.777. The first-order chi connectivity index (χ1) is 8.20. The van der Waals surface area contributed by atoms with E-state index in [-0.39, 0.29) is 5.69 Å². The summed E-state index contributed by atoms with van der Waals surface area (Å²) in [5.74, 6) is 0.299. The number of nitrogens with zero attached hydrogens (tertiary/aromatic N) is 3. The van der Waals surface area contributed by atoms with Crippen LogP contribution in [-0.4, -0.2) is 47.2 Å². The summed E-state index contributed by atoms with van der Waals surface area (Å²) in [7, 11) is 0. The van der Waals surface area contributed by atoms with E-state index >= 15 is 0 Å². The van der Waals surface area contributed by atoms with Gasteiger partial charge in [0.05, 0.1) is 0 Å². The molecule has 0 atom stereocenters. The van der Waals surface area contributed by atoms with Crippen LogP contribution < -0.4 is 10.2 Å². The fourth-order valence-electron chi connectivity index (χ4n) is 1.81. The third-order valence-corrected chi connectivity index (χ3v) is 2.74. The second kappa shape index (κ2) is 5.09. The number of piperazine rings is 1. The number of aromatic carboxylic acids is 1. The molecule has 2 N–H and O–H groups in total. The molecule has 1 aliphatic heterocycles. The van der Waals surface area contributed by atoms with Crippen LogP contribution in [0.2, 0.25) is 0 Å². The normalized spacial score (nSPS) is 15.9. The Morgan fingerprint density at radius 3 is 2.76 bits per heavy atom. The Balaban J connectivity index is 2.31. The highest BCUT2D eigenvalue weighted by molar-refractivity contribution is 5.86. The first-order valence-corrected chi connectivity index (χ1v) is 5.77. The summed E-state index contributed by atoms with van der Waals surface area (Å²) in [5, 5.41) is 12.3. The van der Waals surface area contributed by atoms with Gasteiger partial charge in [0, 0.05) is 38.7 Å². The predicted octanol–water partition coefficient (Wildman–Crippen LogP) is 0.147. The predicted molar refractivity (Wildman–Crippen MR) is 63.5 cm³/mol. The number of hydrogen-bond donors (Lipinski definition) is 2. The number of aromatic nitrogens is 2. The van der Waals surface area contributed by atoms with Crippen LogP contribution >= 0.6 is 0 Å². The first-order valence-electron chi connectivity index (χ1n) is 5.77. The van der Waals surface area contributed by atoms with E-state index in [1.165, 1.54) is 0 Å². The smallest absolute Gasteiger partial charge is 0.354 e. The van der Waals surface area contributed by atoms with Crippen LogP contribution in [0.15, 0.2) is 6.07 Å². The summed E-state index contributed by atoms with van der Waals surface area (Å²) in [6.07, 6.45) is 0.639. The van der Waals surface area contributed by atoms with Crippen molar-refractivity contribution in [3.8, 4) is 0 Å². The SMILES string of the molecule is CCc1nc(C(=O)O)cc(N2CCNCC2)n1. The van der Waals surface area contributed by atoms with E-state index in [9.17, 15) is 4.79 Å². The molecular formula is C11H16N4O2. The van der Waals surface area contributed by atoms with Crippen LogP contribution in [0.25, 0.3) is 0 Å². The van der Waals surface area contributed by atoms with Gasteiger partial charge in [-0.3, -0.25) is 0 Å². The summed E-state index contributed by atoms with van der Waals surface area (Å²) >= 11 is 0. The highest BCUT2D eigenvalue weighted by Crippen LogP contribution is 2.14. The average Bonchev–Trinajstić information content (AvgIpc) is 2.39. The number of nitrogens with one attached hydrogen (secondary N) is 1. The molecule has 0 aliphatic carbocycles. The number of carboxylic acids is 1. The van der Waals surface area contributed by atoms with Crippen LogP contribution in [0.1, 0.15) is 23.2 Å². The van der Waals surface area contributed by atoms with E-state index in [2.05, 4.69) is 20.2 Å². The van der Waals surface area contributed by atoms with Gasteiger partial charge in [-0.2, -0.15) is 0 Å². The van der Waals surface area contributed by atoms with Crippen LogP contribution in [-0.2, 0) is 6.42 Å². The van der Waals surface area contributed by atoms with E-state index in [1.54, 1.807) is 6.07 Å². The number of hydrogen-bond acceptors (Lipinski definition) is 5. The van der Waals surface area contributed by atoms with E-state index < -0.39 is 5.97 Å². The Morgan fingerprint density at radius 1 is 1.47 bits per heavy atom. The van der Waals surface area contributed by atoms with Crippen molar-refractivity contribution < 1.29 is 9.90 Å². The minimum absolute atomic E-state index is 0.0744. The maximum Gasteiger partial charge on any atom is 0.354 e. The van der Waals surface area contributed by atoms with Crippen LogP contribution in [0.5, 0.6) is 0 Å². The fourth-order valence-corrected chi connectivity index (χ4v) is 1.81. The van der Waals surface area contributed by atoms with Crippen molar-refractivity contribution in [1.29, 1.82) is 0 Å². The molecule has 0 spiro atoms. The van der Waals surface area contributed by atoms with Gasteiger partial charge >= 0.3 is 5.97 Å². The fraction of sp³-hybridized carbons (Fsp3) is 0.545. The Hall–Kier alpha value is -1.69. The van der Waals surface area contributed by atoms with Gasteiger partial charge in [0.1, 0.15) is 11.6 Å². The van der Waals surface area contributed by atoms with E-state index in [0.29, 0.717) is 12.2 Å². The molecule has 6 nitrogen and oxygen atoms in total. The van der Waals surface area contributed by atoms with Gasteiger partial charge < -0.3 is 15.3 Å². The van der Waals surface area contributed by atoms with Crippen molar-refractivity contribution in [3.63, 3.8) is 0 Å². The molecule has 92 valence electrons. The molecule has 0 amide bonds. The third-order valence-electron chi connectivity index (χ3n) is 2.74. The molecule has 6 heteroatoms. The maximum absolute atomic E-state index is 11.0. The Labute approximate surface area is 99.7 Å². The van der Waals surface area contributed by atoms with E-state index in [1.807, 2.05) is 6.92 Å². The molecule has 0 unspecified atom stereocenters. The van der Waals surface area contributed by atoms with Gasteiger partial charge in [-0.05, 0) is 0 Å². The lowest BCUT2D eigenvalue weighted by Crippen LogP contribution is -2.44. The molecule has 0 aromatic carbocycles. The molecular weight excluding hydrogens is 220 g/mol. The number of carboxylic acid groups (broad SMARTS) is 1. The van der Waals surface area contributed by atoms with Gasteiger partial charge in [0.15, 0.2) is 5.69 Å². The zero-order chi connectivity index (χ0) is 12.3. The summed E-state index contributed by atoms with van der Waals surface area (Å²) in [6.45, 7) is 5.41. The van der Waals surface area contributed by atoms with Gasteiger partial charge in [0.2, 0.25) is 0 Å². The van der Waals surface area contributed by atoms with Crippen molar-refractivity contribution in [2.75, 3.05) is 31.1 Å². The second-order valence-corrected chi connectivity index (χ2v) is 3.92. The lowest BCUT2D eigenvalue weighted by atomic mass is 10.3. The van der Waals surface area contributed by atoms with Crippen LogP contribution in [0.4, 0.5) is 5.82 Å². The van der Waals surface area contributed by atoms with E-state index in [4.69, 9.17) is 5.11 Å². The van der Waals surface area contributed by atoms with E-state index in [0.717, 1.165) is 32.0 Å². The Kier molecular flexibility index (Phi) is 3.53. The lowest BCUT2D eigenvalue weighted by Gasteiger charge is -2.28. The standard InChI is InChI=1S/C11H16N4O2/c1-2-9-13-8(11(16)17)7-10(14-9)15-5-3-12-4-6-15/h7,12H,2-6H2,1H3,(H,16,17). The van der Waals surface area contributed by atoms with Crippen molar-refractivity contribution >= 4 is 11.8 Å². The molecule has 2 rings (SSSR count). The molecule has 1 fully saturated rings. The maximum atomic E-state index is 11.0. The molecule has 1 aromatic heterocycles. The highest BCUT2D eigenvalue weighted by atomic mass is 16.4. The molecule has 0 bridgehead atoms. The van der Waals surface area contributed by atoms with Crippen molar-refractivity contribution in [3.05, 3.63) is 17.6 Å². The lowest BCUT2D eigenvalue weighted by molar-refractivity contribution is 0.0690. The zero-order valence-corrected chi connectivity index (χ0v) is 9.81. The number of rotatable bonds is 3. The summed E-state index contributed by atoms with van der Waals surface area (Å²) in [6, 6.07) is 1.55. The third kappa shape index (κ3) is 2.71. The average molecular weight is 236 g/mol. The molecule has 0 saturated carbocycles. The van der Waals surface area contributed by atoms with Crippen molar-refractivity contribution in [2.24, 2.45) is 0 Å². The van der Waals surface area contributed by atoms with Crippen molar-refractivity contribution in [2.45, 2.75) is 13.3 Å². The minimum atomic E-state index is -1.00. The van der Waals surface area contributed by atoms with Gasteiger partial charge in [0.25, 0.3) is 0 Å². The summed E-state index contributed by atoms with van der Waals surface area (Å²) in [4.78, 5) is 21.4. The molecule has 1 aromatic rings. The molecule has 2 heterocycles. The molecule has 1 aliphatic rings. The largest absolute Gasteiger partial charge is 0.477 e. The minimum Gasteiger partial charge on any atom is -0.477 e. The van der Waals surface area contributed by atoms with Crippen molar-refractivity contribution in [1.82, 2.24) is 15.3 Å². The topological polar surface area (TPSA) is 78.3 Å². The zero-order valence-electron chi connectivity index (χ0n) is 9.81. The highest BCUT2D eigenvalue weighted by Gasteiger charge is 2.16. The number of anilines is 1. The summed E-state index contributed by atoms with van der Waals surface area (Å²) < 4.78 is 0. The van der Waals surface area contributed by atoms with Gasteiger partial charge in [-0.1, -0.05) is 6.92 Å².